The highest BCUT2D eigenvalue weighted by Crippen LogP contribution is 2.25. The first-order valence-corrected chi connectivity index (χ1v) is 10.4. The van der Waals surface area contributed by atoms with Gasteiger partial charge in [-0.2, -0.15) is 0 Å². The first-order chi connectivity index (χ1) is 13.4. The number of carbonyl (C=O) groups is 1. The van der Waals surface area contributed by atoms with Gasteiger partial charge in [0.1, 0.15) is 0 Å². The quantitative estimate of drug-likeness (QED) is 0.688. The smallest absolute Gasteiger partial charge is 0.257 e. The molecule has 1 amide bonds. The maximum Gasteiger partial charge on any atom is 0.257 e. The summed E-state index contributed by atoms with van der Waals surface area (Å²) in [5, 5.41) is 6.15. The van der Waals surface area contributed by atoms with Gasteiger partial charge >= 0.3 is 0 Å². The Morgan fingerprint density at radius 3 is 2.36 bits per heavy atom. The number of thiocarbonyl (C=S) groups is 1. The molecule has 0 unspecified atom stereocenters. The molecule has 4 nitrogen and oxygen atoms in total. The molecule has 0 radical (unpaired) electrons. The monoisotopic (exact) mass is 395 g/mol. The van der Waals surface area contributed by atoms with E-state index in [0.717, 1.165) is 12.2 Å². The summed E-state index contributed by atoms with van der Waals surface area (Å²) < 4.78 is 0. The molecule has 28 heavy (non-hydrogen) atoms. The molecule has 1 aliphatic heterocycles. The van der Waals surface area contributed by atoms with Crippen LogP contribution in [-0.4, -0.2) is 23.6 Å². The SMILES string of the molecule is CC(C)c1ccc(C(=O)NC(=S)Nc2ccc(N3CCCC[C@H]3C)cc2)cc1. The van der Waals surface area contributed by atoms with Crippen LogP contribution in [0, 0.1) is 0 Å². The molecule has 2 aromatic carbocycles. The highest BCUT2D eigenvalue weighted by molar-refractivity contribution is 7.80. The molecule has 0 aromatic heterocycles. The lowest BCUT2D eigenvalue weighted by molar-refractivity contribution is 0.0977. The first-order valence-electron chi connectivity index (χ1n) is 10.0. The minimum Gasteiger partial charge on any atom is -0.369 e. The maximum absolute atomic E-state index is 12.4. The number of anilines is 2. The Labute approximate surface area is 173 Å². The number of nitrogens with zero attached hydrogens (tertiary/aromatic N) is 1. The third kappa shape index (κ3) is 5.10. The van der Waals surface area contributed by atoms with Crippen LogP contribution in [0.4, 0.5) is 11.4 Å². The zero-order chi connectivity index (χ0) is 20.1. The average Bonchev–Trinajstić information content (AvgIpc) is 2.69. The van der Waals surface area contributed by atoms with Crippen molar-refractivity contribution in [2.45, 2.75) is 52.0 Å². The molecular weight excluding hydrogens is 366 g/mol. The van der Waals surface area contributed by atoms with Gasteiger partial charge in [0, 0.05) is 29.5 Å². The first kappa shape index (κ1) is 20.3. The zero-order valence-electron chi connectivity index (χ0n) is 16.9. The van der Waals surface area contributed by atoms with Gasteiger partial charge in [0.2, 0.25) is 0 Å². The highest BCUT2D eigenvalue weighted by atomic mass is 32.1. The van der Waals surface area contributed by atoms with Crippen LogP contribution in [-0.2, 0) is 0 Å². The molecule has 0 saturated carbocycles. The fraction of sp³-hybridized carbons (Fsp3) is 0.391. The van der Waals surface area contributed by atoms with E-state index in [-0.39, 0.29) is 5.91 Å². The minimum absolute atomic E-state index is 0.202. The summed E-state index contributed by atoms with van der Waals surface area (Å²) in [4.78, 5) is 14.8. The van der Waals surface area contributed by atoms with Crippen molar-refractivity contribution in [1.29, 1.82) is 0 Å². The highest BCUT2D eigenvalue weighted by Gasteiger charge is 2.18. The van der Waals surface area contributed by atoms with E-state index in [2.05, 4.69) is 48.4 Å². The second kappa shape index (κ2) is 9.20. The zero-order valence-corrected chi connectivity index (χ0v) is 17.7. The Kier molecular flexibility index (Phi) is 6.68. The summed E-state index contributed by atoms with van der Waals surface area (Å²) in [7, 11) is 0. The Hall–Kier alpha value is -2.40. The molecule has 1 fully saturated rings. The molecule has 2 N–H and O–H groups in total. The van der Waals surface area contributed by atoms with Gasteiger partial charge in [0.05, 0.1) is 0 Å². The van der Waals surface area contributed by atoms with Crippen molar-refractivity contribution in [2.24, 2.45) is 0 Å². The maximum atomic E-state index is 12.4. The summed E-state index contributed by atoms with van der Waals surface area (Å²) in [5.74, 6) is 0.238. The van der Waals surface area contributed by atoms with Crippen molar-refractivity contribution in [2.75, 3.05) is 16.8 Å². The van der Waals surface area contributed by atoms with Gasteiger partial charge in [-0.25, -0.2) is 0 Å². The van der Waals surface area contributed by atoms with E-state index in [1.807, 2.05) is 36.4 Å². The molecule has 148 valence electrons. The van der Waals surface area contributed by atoms with E-state index in [4.69, 9.17) is 12.2 Å². The lowest BCUT2D eigenvalue weighted by Gasteiger charge is -2.35. The number of carbonyl (C=O) groups excluding carboxylic acids is 1. The molecule has 0 aliphatic carbocycles. The number of nitrogens with one attached hydrogen (secondary N) is 2. The molecule has 1 heterocycles. The van der Waals surface area contributed by atoms with Crippen molar-refractivity contribution in [3.63, 3.8) is 0 Å². The molecule has 1 atom stereocenters. The summed E-state index contributed by atoms with van der Waals surface area (Å²) in [6.07, 6.45) is 3.80. The summed E-state index contributed by atoms with van der Waals surface area (Å²) in [5.41, 5.74) is 3.91. The summed E-state index contributed by atoms with van der Waals surface area (Å²) in [6, 6.07) is 16.4. The largest absolute Gasteiger partial charge is 0.369 e. The van der Waals surface area contributed by atoms with Gasteiger partial charge in [0.15, 0.2) is 5.11 Å². The standard InChI is InChI=1S/C23H29N3OS/c1-16(2)18-7-9-19(10-8-18)22(27)25-23(28)24-20-11-13-21(14-12-20)26-15-5-4-6-17(26)3/h7-14,16-17H,4-6,15H2,1-3H3,(H2,24,25,27,28)/t17-/m1/s1. The summed E-state index contributed by atoms with van der Waals surface area (Å²) >= 11 is 5.30. The van der Waals surface area contributed by atoms with Crippen LogP contribution in [0.5, 0.6) is 0 Å². The lowest BCUT2D eigenvalue weighted by atomic mass is 10.0. The Morgan fingerprint density at radius 2 is 1.75 bits per heavy atom. The van der Waals surface area contributed by atoms with Gasteiger partial charge < -0.3 is 10.2 Å². The Bertz CT molecular complexity index is 815. The average molecular weight is 396 g/mol. The van der Waals surface area contributed by atoms with Crippen molar-refractivity contribution in [1.82, 2.24) is 5.32 Å². The van der Waals surface area contributed by atoms with Crippen LogP contribution in [0.2, 0.25) is 0 Å². The molecule has 2 aromatic rings. The second-order valence-electron chi connectivity index (χ2n) is 7.77. The van der Waals surface area contributed by atoms with E-state index in [1.54, 1.807) is 0 Å². The lowest BCUT2D eigenvalue weighted by Crippen LogP contribution is -2.37. The number of rotatable bonds is 4. The third-order valence-electron chi connectivity index (χ3n) is 5.33. The van der Waals surface area contributed by atoms with Crippen molar-refractivity contribution in [3.8, 4) is 0 Å². The molecule has 1 saturated heterocycles. The Morgan fingerprint density at radius 1 is 1.07 bits per heavy atom. The number of piperidine rings is 1. The van der Waals surface area contributed by atoms with Gasteiger partial charge in [-0.05, 0) is 86.3 Å². The van der Waals surface area contributed by atoms with E-state index in [9.17, 15) is 4.79 Å². The van der Waals surface area contributed by atoms with Crippen LogP contribution in [0.1, 0.15) is 61.9 Å². The summed E-state index contributed by atoms with van der Waals surface area (Å²) in [6.45, 7) is 7.65. The molecule has 1 aliphatic rings. The molecular formula is C23H29N3OS. The van der Waals surface area contributed by atoms with Gasteiger partial charge in [0.25, 0.3) is 5.91 Å². The second-order valence-corrected chi connectivity index (χ2v) is 8.18. The predicted octanol–water partition coefficient (Wildman–Crippen LogP) is 5.32. The van der Waals surface area contributed by atoms with Crippen LogP contribution in [0.3, 0.4) is 0 Å². The van der Waals surface area contributed by atoms with Gasteiger partial charge in [-0.1, -0.05) is 26.0 Å². The molecule has 0 spiro atoms. The number of hydrogen-bond donors (Lipinski definition) is 2. The van der Waals surface area contributed by atoms with Crippen LogP contribution in [0.15, 0.2) is 48.5 Å². The van der Waals surface area contributed by atoms with E-state index in [1.165, 1.54) is 30.5 Å². The normalized spacial score (nSPS) is 16.7. The molecule has 3 rings (SSSR count). The van der Waals surface area contributed by atoms with Crippen LogP contribution < -0.4 is 15.5 Å². The number of benzene rings is 2. The van der Waals surface area contributed by atoms with Crippen LogP contribution >= 0.6 is 12.2 Å². The minimum atomic E-state index is -0.202. The number of amides is 1. The van der Waals surface area contributed by atoms with Crippen molar-refractivity contribution < 1.29 is 4.79 Å². The predicted molar refractivity (Wildman–Crippen MR) is 121 cm³/mol. The topological polar surface area (TPSA) is 44.4 Å². The fourth-order valence-electron chi connectivity index (χ4n) is 3.57. The third-order valence-corrected chi connectivity index (χ3v) is 5.53. The Balaban J connectivity index is 1.56. The molecule has 0 bridgehead atoms. The van der Waals surface area contributed by atoms with Crippen molar-refractivity contribution in [3.05, 3.63) is 59.7 Å². The van der Waals surface area contributed by atoms with E-state index in [0.29, 0.717) is 22.6 Å². The van der Waals surface area contributed by atoms with E-state index >= 15 is 0 Å². The van der Waals surface area contributed by atoms with Crippen molar-refractivity contribution >= 4 is 34.6 Å². The number of hydrogen-bond acceptors (Lipinski definition) is 3. The van der Waals surface area contributed by atoms with Gasteiger partial charge in [-0.3, -0.25) is 10.1 Å². The van der Waals surface area contributed by atoms with Crippen LogP contribution in [0.25, 0.3) is 0 Å². The fourth-order valence-corrected chi connectivity index (χ4v) is 3.79. The van der Waals surface area contributed by atoms with Gasteiger partial charge in [-0.15, -0.1) is 0 Å². The van der Waals surface area contributed by atoms with E-state index < -0.39 is 0 Å². The molecule has 5 heteroatoms.